The average molecular weight is 595 g/mol. The Balaban J connectivity index is 1.65. The third-order valence-electron chi connectivity index (χ3n) is 8.08. The molecule has 1 fully saturated rings. The number of hydrogen-bond donors (Lipinski definition) is 0. The fraction of sp³-hybridized carbons (Fsp3) is 0.355. The molecule has 0 saturated carbocycles. The van der Waals surface area contributed by atoms with E-state index in [0.29, 0.717) is 29.7 Å². The lowest BCUT2D eigenvalue weighted by atomic mass is 10.0. The molecule has 0 N–H and O–H groups in total. The largest absolute Gasteiger partial charge is 0.355 e. The average Bonchev–Trinajstić information content (AvgIpc) is 3.48. The van der Waals surface area contributed by atoms with E-state index in [-0.39, 0.29) is 60.2 Å². The van der Waals surface area contributed by atoms with Gasteiger partial charge in [-0.1, -0.05) is 37.8 Å². The maximum atomic E-state index is 16.0. The zero-order valence-corrected chi connectivity index (χ0v) is 24.7. The van der Waals surface area contributed by atoms with Crippen LogP contribution in [-0.2, 0) is 17.8 Å². The van der Waals surface area contributed by atoms with Crippen LogP contribution in [0.4, 0.5) is 10.2 Å². The topological polar surface area (TPSA) is 139 Å². The van der Waals surface area contributed by atoms with Crippen molar-refractivity contribution in [2.45, 2.75) is 58.2 Å². The van der Waals surface area contributed by atoms with Gasteiger partial charge in [0.1, 0.15) is 17.2 Å². The second-order valence-electron chi connectivity index (χ2n) is 11.3. The monoisotopic (exact) mass is 594 g/mol. The number of piperazine rings is 1. The maximum absolute atomic E-state index is 16.0. The van der Waals surface area contributed by atoms with Crippen LogP contribution < -0.4 is 10.6 Å². The first-order valence-corrected chi connectivity index (χ1v) is 14.4. The Bertz CT molecular complexity index is 1920. The molecule has 2 aliphatic heterocycles. The van der Waals surface area contributed by atoms with Crippen LogP contribution in [0.1, 0.15) is 44.4 Å². The minimum Gasteiger partial charge on any atom is -0.349 e. The molecule has 6 rings (SSSR count). The first-order chi connectivity index (χ1) is 21.2. The SMILES string of the molecule is C=CC(=O)N1CC(C)N(c2nc(=O)n3c4nc(c(F)cc24)-c2cn(nn2)CC=CCc2ccnc(C(C)C)c2-3)CC1CC#N. The van der Waals surface area contributed by atoms with Crippen molar-refractivity contribution < 1.29 is 9.18 Å². The molecule has 2 unspecified atom stereocenters. The van der Waals surface area contributed by atoms with Gasteiger partial charge in [-0.15, -0.1) is 5.10 Å². The van der Waals surface area contributed by atoms with Crippen LogP contribution in [0.15, 0.2) is 54.1 Å². The summed E-state index contributed by atoms with van der Waals surface area (Å²) in [5.74, 6) is -0.760. The third kappa shape index (κ3) is 4.92. The minimum absolute atomic E-state index is 0.0490. The molecule has 2 aliphatic rings. The van der Waals surface area contributed by atoms with E-state index < -0.39 is 17.5 Å². The standard InChI is InChI=1S/C31H31FN10O2/c1-5-25(43)41-15-19(4)40(16-21(41)9-11-33)29-22-14-23(32)27-24-17-39(38-37-24)13-7-6-8-20-10-12-34-26(18(2)3)28(20)42(30(22)35-27)31(44)36-29/h5-7,10,12,14,17-19,21H,1,8-9,13,15-16H2,2-4H3. The van der Waals surface area contributed by atoms with Gasteiger partial charge in [0.25, 0.3) is 0 Å². The highest BCUT2D eigenvalue weighted by Crippen LogP contribution is 2.34. The van der Waals surface area contributed by atoms with Gasteiger partial charge in [0.05, 0.1) is 48.0 Å². The molecule has 1 saturated heterocycles. The van der Waals surface area contributed by atoms with Crippen LogP contribution in [-0.4, -0.2) is 70.5 Å². The highest BCUT2D eigenvalue weighted by atomic mass is 19.1. The van der Waals surface area contributed by atoms with Crippen LogP contribution in [0.3, 0.4) is 0 Å². The molecule has 12 nitrogen and oxygen atoms in total. The van der Waals surface area contributed by atoms with E-state index >= 15 is 4.39 Å². The summed E-state index contributed by atoms with van der Waals surface area (Å²) in [6, 6.07) is 4.53. The molecular weight excluding hydrogens is 563 g/mol. The number of amides is 1. The number of allylic oxidation sites excluding steroid dienone is 2. The number of aromatic nitrogens is 7. The van der Waals surface area contributed by atoms with Crippen molar-refractivity contribution in [2.75, 3.05) is 18.0 Å². The van der Waals surface area contributed by atoms with Crippen molar-refractivity contribution in [1.82, 2.24) is 39.4 Å². The summed E-state index contributed by atoms with van der Waals surface area (Å²) in [4.78, 5) is 44.2. The van der Waals surface area contributed by atoms with Crippen LogP contribution >= 0.6 is 0 Å². The molecule has 44 heavy (non-hydrogen) atoms. The predicted octanol–water partition coefficient (Wildman–Crippen LogP) is 3.31. The van der Waals surface area contributed by atoms with Gasteiger partial charge in [-0.25, -0.2) is 23.4 Å². The van der Waals surface area contributed by atoms with E-state index in [1.807, 2.05) is 43.9 Å². The number of halogens is 1. The minimum atomic E-state index is -0.652. The lowest BCUT2D eigenvalue weighted by Crippen LogP contribution is -2.59. The van der Waals surface area contributed by atoms with E-state index in [9.17, 15) is 14.9 Å². The van der Waals surface area contributed by atoms with Gasteiger partial charge in [-0.05, 0) is 43.0 Å². The van der Waals surface area contributed by atoms with E-state index in [1.165, 1.54) is 16.7 Å². The first kappa shape index (κ1) is 28.9. The maximum Gasteiger partial charge on any atom is 0.355 e. The molecular formula is C31H31FN10O2. The Morgan fingerprint density at radius 1 is 1.27 bits per heavy atom. The number of pyridine rings is 2. The lowest BCUT2D eigenvalue weighted by Gasteiger charge is -2.45. The quantitative estimate of drug-likeness (QED) is 0.257. The van der Waals surface area contributed by atoms with E-state index in [1.54, 1.807) is 22.0 Å². The van der Waals surface area contributed by atoms with Crippen molar-refractivity contribution in [2.24, 2.45) is 0 Å². The molecule has 0 aliphatic carbocycles. The van der Waals surface area contributed by atoms with Gasteiger partial charge in [0.2, 0.25) is 5.91 Å². The van der Waals surface area contributed by atoms with Crippen LogP contribution in [0.25, 0.3) is 28.1 Å². The van der Waals surface area contributed by atoms with Gasteiger partial charge < -0.3 is 9.80 Å². The second kappa shape index (κ2) is 11.4. The van der Waals surface area contributed by atoms with Gasteiger partial charge in [0.15, 0.2) is 11.5 Å². The van der Waals surface area contributed by atoms with E-state index in [4.69, 9.17) is 4.98 Å². The third-order valence-corrected chi connectivity index (χ3v) is 8.08. The summed E-state index contributed by atoms with van der Waals surface area (Å²) in [6.07, 6.45) is 9.04. The number of nitriles is 1. The molecule has 2 atom stereocenters. The number of carbonyl (C=O) groups excluding carboxylic acids is 1. The molecule has 224 valence electrons. The summed E-state index contributed by atoms with van der Waals surface area (Å²) in [5.41, 5.74) is 1.84. The highest BCUT2D eigenvalue weighted by Gasteiger charge is 2.36. The highest BCUT2D eigenvalue weighted by molar-refractivity contribution is 5.91. The van der Waals surface area contributed by atoms with Crippen molar-refractivity contribution in [3.63, 3.8) is 0 Å². The summed E-state index contributed by atoms with van der Waals surface area (Å²) in [5, 5.41) is 18.1. The number of rotatable bonds is 4. The molecule has 4 bridgehead atoms. The molecule has 1 amide bonds. The summed E-state index contributed by atoms with van der Waals surface area (Å²) in [6.45, 7) is 10.4. The van der Waals surface area contributed by atoms with Gasteiger partial charge in [-0.2, -0.15) is 10.2 Å². The summed E-state index contributed by atoms with van der Waals surface area (Å²) >= 11 is 0. The summed E-state index contributed by atoms with van der Waals surface area (Å²) < 4.78 is 19.0. The number of nitrogens with zero attached hydrogens (tertiary/aromatic N) is 10. The normalized spacial score (nSPS) is 18.0. The Kier molecular flexibility index (Phi) is 7.50. The van der Waals surface area contributed by atoms with Gasteiger partial charge >= 0.3 is 5.69 Å². The van der Waals surface area contributed by atoms with Crippen LogP contribution in [0.2, 0.25) is 0 Å². The van der Waals surface area contributed by atoms with Crippen LogP contribution in [0.5, 0.6) is 0 Å². The lowest BCUT2D eigenvalue weighted by molar-refractivity contribution is -0.129. The van der Waals surface area contributed by atoms with Gasteiger partial charge in [-0.3, -0.25) is 9.78 Å². The molecule has 13 heteroatoms. The van der Waals surface area contributed by atoms with E-state index in [0.717, 1.165) is 5.56 Å². The molecule has 4 aromatic rings. The smallest absolute Gasteiger partial charge is 0.349 e. The van der Waals surface area contributed by atoms with Crippen molar-refractivity contribution in [3.05, 3.63) is 76.9 Å². The predicted molar refractivity (Wildman–Crippen MR) is 162 cm³/mol. The Hall–Kier alpha value is -5.25. The summed E-state index contributed by atoms with van der Waals surface area (Å²) in [7, 11) is 0. The Morgan fingerprint density at radius 3 is 2.84 bits per heavy atom. The Labute approximate surface area is 252 Å². The molecule has 0 spiro atoms. The van der Waals surface area contributed by atoms with Crippen molar-refractivity contribution in [1.29, 1.82) is 5.26 Å². The zero-order valence-electron chi connectivity index (χ0n) is 24.7. The molecule has 4 aromatic heterocycles. The number of fused-ring (bicyclic) bond motifs is 6. The zero-order chi connectivity index (χ0) is 31.1. The molecule has 0 aromatic carbocycles. The fourth-order valence-corrected chi connectivity index (χ4v) is 5.95. The molecule has 6 heterocycles. The van der Waals surface area contributed by atoms with Gasteiger partial charge in [0, 0.05) is 25.3 Å². The van der Waals surface area contributed by atoms with Crippen molar-refractivity contribution in [3.8, 4) is 23.1 Å². The number of hydrogen-bond acceptors (Lipinski definition) is 9. The van der Waals surface area contributed by atoms with E-state index in [2.05, 4.69) is 32.9 Å². The fourth-order valence-electron chi connectivity index (χ4n) is 5.95. The number of anilines is 1. The number of carbonyl (C=O) groups is 1. The molecule has 0 radical (unpaired) electrons. The van der Waals surface area contributed by atoms with Crippen molar-refractivity contribution >= 4 is 22.8 Å². The Morgan fingerprint density at radius 2 is 2.09 bits per heavy atom. The first-order valence-electron chi connectivity index (χ1n) is 14.4. The van der Waals surface area contributed by atoms with Crippen LogP contribution in [0, 0.1) is 17.1 Å². The second-order valence-corrected chi connectivity index (χ2v) is 11.3.